The minimum Gasteiger partial charge on any atom is -0.347 e. The number of carbonyl (C=O) groups is 1. The van der Waals surface area contributed by atoms with E-state index in [0.29, 0.717) is 6.54 Å². The Morgan fingerprint density at radius 3 is 2.81 bits per heavy atom. The molecule has 3 rings (SSSR count). The van der Waals surface area contributed by atoms with E-state index in [9.17, 15) is 4.79 Å². The molecule has 1 aromatic carbocycles. The van der Waals surface area contributed by atoms with Crippen LogP contribution in [0.5, 0.6) is 0 Å². The van der Waals surface area contributed by atoms with E-state index in [1.165, 1.54) is 17.3 Å². The number of fused-ring (bicyclic) bond motifs is 1. The summed E-state index contributed by atoms with van der Waals surface area (Å²) in [4.78, 5) is 15.0. The van der Waals surface area contributed by atoms with E-state index in [1.54, 1.807) is 18.5 Å². The average molecular weight is 369 g/mol. The van der Waals surface area contributed by atoms with E-state index in [-0.39, 0.29) is 16.4 Å². The van der Waals surface area contributed by atoms with Crippen LogP contribution in [0, 0.1) is 0 Å². The van der Waals surface area contributed by atoms with Gasteiger partial charge in [-0.3, -0.25) is 4.79 Å². The molecule has 6 heteroatoms. The zero-order valence-electron chi connectivity index (χ0n) is 15.6. The van der Waals surface area contributed by atoms with Crippen molar-refractivity contribution in [3.05, 3.63) is 60.6 Å². The molecule has 5 nitrogen and oxygen atoms in total. The largest absolute Gasteiger partial charge is 0.347 e. The lowest BCUT2D eigenvalue weighted by molar-refractivity contribution is -0.114. The molecule has 0 radical (unpaired) electrons. The van der Waals surface area contributed by atoms with Gasteiger partial charge in [0.2, 0.25) is 0 Å². The highest BCUT2D eigenvalue weighted by Gasteiger charge is 2.38. The summed E-state index contributed by atoms with van der Waals surface area (Å²) in [6.45, 7) is 10.6. The van der Waals surface area contributed by atoms with Crippen LogP contribution in [0.1, 0.15) is 26.3 Å². The zero-order valence-corrected chi connectivity index (χ0v) is 16.5. The standard InChI is InChI=1S/C20H24N4OS/c1-6-11-24-13-21-22-19(24)26-14(2)17(25)12-18-20(3,4)15-9-7-8-10-16(15)23(18)5/h6-10,12-14H,1,11H2,2-5H3/b18-12-/t14-/m1/s1. The van der Waals surface area contributed by atoms with Crippen molar-refractivity contribution in [3.8, 4) is 0 Å². The normalized spacial score (nSPS) is 18.0. The first-order chi connectivity index (χ1) is 12.4. The van der Waals surface area contributed by atoms with E-state index in [2.05, 4.69) is 47.7 Å². The van der Waals surface area contributed by atoms with Crippen LogP contribution < -0.4 is 4.90 Å². The Bertz CT molecular complexity index is 868. The van der Waals surface area contributed by atoms with E-state index < -0.39 is 0 Å². The summed E-state index contributed by atoms with van der Waals surface area (Å²) < 4.78 is 1.88. The summed E-state index contributed by atoms with van der Waals surface area (Å²) in [6, 6.07) is 8.30. The number of nitrogens with zero attached hydrogens (tertiary/aromatic N) is 4. The molecule has 26 heavy (non-hydrogen) atoms. The van der Waals surface area contributed by atoms with Crippen LogP contribution in [0.15, 0.2) is 60.2 Å². The van der Waals surface area contributed by atoms with Crippen LogP contribution in [-0.2, 0) is 16.8 Å². The van der Waals surface area contributed by atoms with Gasteiger partial charge >= 0.3 is 0 Å². The molecule has 0 N–H and O–H groups in total. The maximum absolute atomic E-state index is 12.9. The number of para-hydroxylation sites is 1. The number of hydrogen-bond acceptors (Lipinski definition) is 5. The van der Waals surface area contributed by atoms with Crippen molar-refractivity contribution in [1.82, 2.24) is 14.8 Å². The van der Waals surface area contributed by atoms with Gasteiger partial charge in [-0.15, -0.1) is 16.8 Å². The van der Waals surface area contributed by atoms with E-state index in [1.807, 2.05) is 30.7 Å². The molecule has 1 aliphatic rings. The summed E-state index contributed by atoms with van der Waals surface area (Å²) in [6.07, 6.45) is 5.23. The molecule has 1 atom stereocenters. The van der Waals surface area contributed by atoms with Gasteiger partial charge in [0.05, 0.1) is 5.25 Å². The first kappa shape index (κ1) is 18.5. The smallest absolute Gasteiger partial charge is 0.191 e. The summed E-state index contributed by atoms with van der Waals surface area (Å²) in [7, 11) is 2.02. The molecule has 0 bridgehead atoms. The minimum atomic E-state index is -0.247. The molecule has 2 heterocycles. The molecule has 1 aromatic heterocycles. The predicted molar refractivity (Wildman–Crippen MR) is 106 cm³/mol. The number of thioether (sulfide) groups is 1. The fraction of sp³-hybridized carbons (Fsp3) is 0.350. The Morgan fingerprint density at radius 1 is 1.38 bits per heavy atom. The fourth-order valence-electron chi connectivity index (χ4n) is 3.33. The minimum absolute atomic E-state index is 0.0749. The zero-order chi connectivity index (χ0) is 18.9. The van der Waals surface area contributed by atoms with Crippen LogP contribution in [0.3, 0.4) is 0 Å². The van der Waals surface area contributed by atoms with Gasteiger partial charge in [-0.1, -0.05) is 49.9 Å². The molecule has 2 aromatic rings. The SMILES string of the molecule is C=CCn1cnnc1S[C@H](C)C(=O)/C=C1\N(C)c2ccccc2C1(C)C. The lowest BCUT2D eigenvalue weighted by Crippen LogP contribution is -2.25. The second-order valence-electron chi connectivity index (χ2n) is 6.95. The number of allylic oxidation sites excluding steroid dienone is 3. The summed E-state index contributed by atoms with van der Waals surface area (Å²) in [5.41, 5.74) is 3.22. The second-order valence-corrected chi connectivity index (χ2v) is 8.26. The molecule has 136 valence electrons. The van der Waals surface area contributed by atoms with Crippen molar-refractivity contribution in [3.63, 3.8) is 0 Å². The number of hydrogen-bond donors (Lipinski definition) is 0. The van der Waals surface area contributed by atoms with Crippen molar-refractivity contribution in [2.45, 2.75) is 43.1 Å². The highest BCUT2D eigenvalue weighted by atomic mass is 32.2. The Labute approximate surface area is 158 Å². The third kappa shape index (κ3) is 3.21. The highest BCUT2D eigenvalue weighted by molar-refractivity contribution is 8.00. The Balaban J connectivity index is 1.82. The maximum Gasteiger partial charge on any atom is 0.191 e. The summed E-state index contributed by atoms with van der Waals surface area (Å²) >= 11 is 1.42. The number of likely N-dealkylation sites (N-methyl/N-ethyl adjacent to an activating group) is 1. The van der Waals surface area contributed by atoms with Crippen molar-refractivity contribution >= 4 is 23.2 Å². The second kappa shape index (κ2) is 7.11. The number of benzene rings is 1. The maximum atomic E-state index is 12.9. The van der Waals surface area contributed by atoms with Crippen molar-refractivity contribution in [1.29, 1.82) is 0 Å². The molecule has 0 fully saturated rings. The quantitative estimate of drug-likeness (QED) is 0.441. The number of anilines is 1. The molecule has 0 unspecified atom stereocenters. The lowest BCUT2D eigenvalue weighted by atomic mass is 9.83. The first-order valence-electron chi connectivity index (χ1n) is 8.61. The van der Waals surface area contributed by atoms with Crippen LogP contribution in [0.4, 0.5) is 5.69 Å². The topological polar surface area (TPSA) is 51.0 Å². The van der Waals surface area contributed by atoms with Gasteiger partial charge in [-0.25, -0.2) is 0 Å². The molecule has 0 amide bonds. The van der Waals surface area contributed by atoms with Gasteiger partial charge < -0.3 is 9.47 Å². The van der Waals surface area contributed by atoms with Gasteiger partial charge in [0.1, 0.15) is 6.33 Å². The Hall–Kier alpha value is -2.34. The number of rotatable bonds is 6. The fourth-order valence-corrected chi connectivity index (χ4v) is 4.18. The van der Waals surface area contributed by atoms with Gasteiger partial charge in [0, 0.05) is 36.5 Å². The number of aromatic nitrogens is 3. The van der Waals surface area contributed by atoms with Crippen molar-refractivity contribution < 1.29 is 4.79 Å². The average Bonchev–Trinajstić information content (AvgIpc) is 3.12. The molecule has 0 aliphatic carbocycles. The molecular weight excluding hydrogens is 344 g/mol. The van der Waals surface area contributed by atoms with E-state index >= 15 is 0 Å². The van der Waals surface area contributed by atoms with E-state index in [0.717, 1.165) is 16.5 Å². The summed E-state index contributed by atoms with van der Waals surface area (Å²) in [5, 5.41) is 8.52. The monoisotopic (exact) mass is 368 g/mol. The first-order valence-corrected chi connectivity index (χ1v) is 9.49. The summed E-state index contributed by atoms with van der Waals surface area (Å²) in [5.74, 6) is 0.0749. The van der Waals surface area contributed by atoms with Gasteiger partial charge in [0.25, 0.3) is 0 Å². The third-order valence-corrected chi connectivity index (χ3v) is 5.92. The van der Waals surface area contributed by atoms with Crippen LogP contribution in [-0.4, -0.2) is 32.8 Å². The van der Waals surface area contributed by atoms with Gasteiger partial charge in [0.15, 0.2) is 10.9 Å². The van der Waals surface area contributed by atoms with Gasteiger partial charge in [-0.2, -0.15) is 0 Å². The Kier molecular flexibility index (Phi) is 5.05. The predicted octanol–water partition coefficient (Wildman–Crippen LogP) is 3.83. The molecular formula is C20H24N4OS. The van der Waals surface area contributed by atoms with Crippen molar-refractivity contribution in [2.24, 2.45) is 0 Å². The van der Waals surface area contributed by atoms with Crippen molar-refractivity contribution in [2.75, 3.05) is 11.9 Å². The molecule has 0 spiro atoms. The van der Waals surface area contributed by atoms with Crippen LogP contribution >= 0.6 is 11.8 Å². The lowest BCUT2D eigenvalue weighted by Gasteiger charge is -2.24. The number of carbonyl (C=O) groups excluding carboxylic acids is 1. The van der Waals surface area contributed by atoms with E-state index in [4.69, 9.17) is 0 Å². The molecule has 1 aliphatic heterocycles. The molecule has 0 saturated heterocycles. The molecule has 0 saturated carbocycles. The highest BCUT2D eigenvalue weighted by Crippen LogP contribution is 2.46. The van der Waals surface area contributed by atoms with Crippen LogP contribution in [0.25, 0.3) is 0 Å². The van der Waals surface area contributed by atoms with Gasteiger partial charge in [-0.05, 0) is 18.6 Å². The van der Waals surface area contributed by atoms with Crippen LogP contribution in [0.2, 0.25) is 0 Å². The third-order valence-electron chi connectivity index (χ3n) is 4.81. The number of ketones is 1. The Morgan fingerprint density at radius 2 is 2.12 bits per heavy atom.